The lowest BCUT2D eigenvalue weighted by Crippen LogP contribution is -2.27. The van der Waals surface area contributed by atoms with Gasteiger partial charge in [-0.2, -0.15) is 0 Å². The summed E-state index contributed by atoms with van der Waals surface area (Å²) in [6.07, 6.45) is 0. The molecule has 0 aliphatic heterocycles. The Hall–Kier alpha value is -1.37. The zero-order chi connectivity index (χ0) is 15.6. The Morgan fingerprint density at radius 2 is 1.81 bits per heavy atom. The first-order valence-corrected chi connectivity index (χ1v) is 8.72. The van der Waals surface area contributed by atoms with Gasteiger partial charge in [-0.3, -0.25) is 0 Å². The Balaban J connectivity index is 2.33. The topological polar surface area (TPSA) is 72.2 Å². The molecule has 0 saturated carbocycles. The SMILES string of the molecule is Cc1cc(Br)c(N)cc1S(=O)(=O)N[C@@H](C)c1ccccc1. The predicted molar refractivity (Wildman–Crippen MR) is 88.5 cm³/mol. The van der Waals surface area contributed by atoms with E-state index in [1.165, 1.54) is 6.07 Å². The first-order chi connectivity index (χ1) is 9.81. The van der Waals surface area contributed by atoms with Crippen LogP contribution in [0.25, 0.3) is 0 Å². The third-order valence-corrected chi connectivity index (χ3v) is 5.58. The number of halogens is 1. The molecule has 0 aromatic heterocycles. The molecule has 3 N–H and O–H groups in total. The fraction of sp³-hybridized carbons (Fsp3) is 0.200. The van der Waals surface area contributed by atoms with Crippen molar-refractivity contribution in [3.05, 3.63) is 58.1 Å². The number of nitrogens with two attached hydrogens (primary N) is 1. The summed E-state index contributed by atoms with van der Waals surface area (Å²) in [5.74, 6) is 0. The summed E-state index contributed by atoms with van der Waals surface area (Å²) in [6.45, 7) is 3.55. The Bertz CT molecular complexity index is 746. The van der Waals surface area contributed by atoms with Gasteiger partial charge in [0.15, 0.2) is 0 Å². The molecule has 0 unspecified atom stereocenters. The lowest BCUT2D eigenvalue weighted by atomic mass is 10.1. The normalized spacial score (nSPS) is 13.1. The fourth-order valence-electron chi connectivity index (χ4n) is 2.06. The highest BCUT2D eigenvalue weighted by Gasteiger charge is 2.21. The highest BCUT2D eigenvalue weighted by molar-refractivity contribution is 9.10. The summed E-state index contributed by atoms with van der Waals surface area (Å²) in [5.41, 5.74) is 7.73. The average molecular weight is 369 g/mol. The van der Waals surface area contributed by atoms with E-state index in [2.05, 4.69) is 20.7 Å². The van der Waals surface area contributed by atoms with Crippen molar-refractivity contribution < 1.29 is 8.42 Å². The van der Waals surface area contributed by atoms with E-state index in [-0.39, 0.29) is 10.9 Å². The van der Waals surface area contributed by atoms with Gasteiger partial charge in [0.25, 0.3) is 0 Å². The summed E-state index contributed by atoms with van der Waals surface area (Å²) < 4.78 is 28.4. The van der Waals surface area contributed by atoms with E-state index in [0.29, 0.717) is 15.7 Å². The number of hydrogen-bond acceptors (Lipinski definition) is 3. The van der Waals surface area contributed by atoms with Gasteiger partial charge in [-0.1, -0.05) is 30.3 Å². The van der Waals surface area contributed by atoms with Crippen LogP contribution in [0.3, 0.4) is 0 Å². The molecular formula is C15H17BrN2O2S. The lowest BCUT2D eigenvalue weighted by Gasteiger charge is -2.16. The van der Waals surface area contributed by atoms with Crippen molar-refractivity contribution in [3.8, 4) is 0 Å². The minimum absolute atomic E-state index is 0.200. The van der Waals surface area contributed by atoms with Gasteiger partial charge in [0.2, 0.25) is 10.0 Å². The van der Waals surface area contributed by atoms with E-state index >= 15 is 0 Å². The molecule has 0 heterocycles. The smallest absolute Gasteiger partial charge is 0.241 e. The maximum atomic E-state index is 12.5. The first kappa shape index (κ1) is 16.0. The van der Waals surface area contributed by atoms with E-state index in [9.17, 15) is 8.42 Å². The van der Waals surface area contributed by atoms with Crippen LogP contribution in [0.15, 0.2) is 51.8 Å². The zero-order valence-corrected chi connectivity index (χ0v) is 14.2. The molecule has 2 aromatic rings. The predicted octanol–water partition coefficient (Wildman–Crippen LogP) is 3.38. The minimum Gasteiger partial charge on any atom is -0.398 e. The molecule has 0 aliphatic carbocycles. The van der Waals surface area contributed by atoms with E-state index in [4.69, 9.17) is 5.73 Å². The molecule has 0 saturated heterocycles. The van der Waals surface area contributed by atoms with Crippen molar-refractivity contribution in [2.75, 3.05) is 5.73 Å². The number of benzene rings is 2. The Labute approximate surface area is 133 Å². The van der Waals surface area contributed by atoms with Crippen molar-refractivity contribution in [1.29, 1.82) is 0 Å². The van der Waals surface area contributed by atoms with Crippen molar-refractivity contribution in [3.63, 3.8) is 0 Å². The standard InChI is InChI=1S/C15H17BrN2O2S/c1-10-8-13(16)14(17)9-15(10)21(19,20)18-11(2)12-6-4-3-5-7-12/h3-9,11,18H,17H2,1-2H3/t11-/m0/s1. The van der Waals surface area contributed by atoms with E-state index in [0.717, 1.165) is 5.56 Å². The number of sulfonamides is 1. The molecule has 6 heteroatoms. The van der Waals surface area contributed by atoms with Gasteiger partial charge in [-0.25, -0.2) is 13.1 Å². The lowest BCUT2D eigenvalue weighted by molar-refractivity contribution is 0.566. The molecule has 2 rings (SSSR count). The molecule has 112 valence electrons. The van der Waals surface area contributed by atoms with E-state index < -0.39 is 10.0 Å². The maximum absolute atomic E-state index is 12.5. The van der Waals surface area contributed by atoms with Crippen molar-refractivity contribution >= 4 is 31.6 Å². The largest absolute Gasteiger partial charge is 0.398 e. The quantitative estimate of drug-likeness (QED) is 0.812. The highest BCUT2D eigenvalue weighted by Crippen LogP contribution is 2.27. The van der Waals surface area contributed by atoms with Crippen LogP contribution in [0.1, 0.15) is 24.1 Å². The van der Waals surface area contributed by atoms with Crippen LogP contribution >= 0.6 is 15.9 Å². The number of nitrogen functional groups attached to an aromatic ring is 1. The average Bonchev–Trinajstić information content (AvgIpc) is 2.43. The second kappa shape index (κ2) is 6.17. The maximum Gasteiger partial charge on any atom is 0.241 e. The van der Waals surface area contributed by atoms with E-state index in [1.807, 2.05) is 37.3 Å². The molecule has 2 aromatic carbocycles. The second-order valence-corrected chi connectivity index (χ2v) is 7.43. The third-order valence-electron chi connectivity index (χ3n) is 3.22. The molecule has 0 aliphatic rings. The van der Waals surface area contributed by atoms with Crippen molar-refractivity contribution in [1.82, 2.24) is 4.72 Å². The zero-order valence-electron chi connectivity index (χ0n) is 11.8. The van der Waals surface area contributed by atoms with Crippen molar-refractivity contribution in [2.24, 2.45) is 0 Å². The summed E-state index contributed by atoms with van der Waals surface area (Å²) in [7, 11) is -3.63. The fourth-order valence-corrected chi connectivity index (χ4v) is 4.02. The molecule has 0 amide bonds. The molecule has 0 bridgehead atoms. The highest BCUT2D eigenvalue weighted by atomic mass is 79.9. The van der Waals surface area contributed by atoms with Gasteiger partial charge in [-0.05, 0) is 53.0 Å². The van der Waals surface area contributed by atoms with Crippen LogP contribution in [0, 0.1) is 6.92 Å². The van der Waals surface area contributed by atoms with Gasteiger partial charge in [-0.15, -0.1) is 0 Å². The number of aryl methyl sites for hydroxylation is 1. The molecule has 1 atom stereocenters. The summed E-state index contributed by atoms with van der Waals surface area (Å²) in [5, 5.41) is 0. The molecule has 4 nitrogen and oxygen atoms in total. The summed E-state index contributed by atoms with van der Waals surface area (Å²) in [4.78, 5) is 0.200. The third kappa shape index (κ3) is 3.64. The summed E-state index contributed by atoms with van der Waals surface area (Å²) >= 11 is 3.29. The van der Waals surface area contributed by atoms with Gasteiger partial charge in [0, 0.05) is 16.2 Å². The van der Waals surface area contributed by atoms with Crippen LogP contribution in [-0.2, 0) is 10.0 Å². The van der Waals surface area contributed by atoms with Crippen LogP contribution in [0.5, 0.6) is 0 Å². The molecule has 21 heavy (non-hydrogen) atoms. The molecule has 0 radical (unpaired) electrons. The van der Waals surface area contributed by atoms with Crippen LogP contribution in [-0.4, -0.2) is 8.42 Å². The number of nitrogens with one attached hydrogen (secondary N) is 1. The number of rotatable bonds is 4. The molecular weight excluding hydrogens is 352 g/mol. The van der Waals surface area contributed by atoms with Crippen molar-refractivity contribution in [2.45, 2.75) is 24.8 Å². The van der Waals surface area contributed by atoms with Gasteiger partial charge in [0.05, 0.1) is 4.90 Å². The molecule has 0 spiro atoms. The Morgan fingerprint density at radius 3 is 2.43 bits per heavy atom. The van der Waals surface area contributed by atoms with Crippen LogP contribution in [0.2, 0.25) is 0 Å². The summed E-state index contributed by atoms with van der Waals surface area (Å²) in [6, 6.07) is 12.3. The Kier molecular flexibility index (Phi) is 4.70. The van der Waals surface area contributed by atoms with Crippen LogP contribution in [0.4, 0.5) is 5.69 Å². The van der Waals surface area contributed by atoms with Gasteiger partial charge >= 0.3 is 0 Å². The first-order valence-electron chi connectivity index (χ1n) is 6.44. The van der Waals surface area contributed by atoms with Gasteiger partial charge < -0.3 is 5.73 Å². The number of hydrogen-bond donors (Lipinski definition) is 2. The van der Waals surface area contributed by atoms with E-state index in [1.54, 1.807) is 13.0 Å². The molecule has 0 fully saturated rings. The van der Waals surface area contributed by atoms with Gasteiger partial charge in [0.1, 0.15) is 0 Å². The van der Waals surface area contributed by atoms with Crippen LogP contribution < -0.4 is 10.5 Å². The number of anilines is 1. The Morgan fingerprint density at radius 1 is 1.19 bits per heavy atom. The monoisotopic (exact) mass is 368 g/mol. The second-order valence-electron chi connectivity index (χ2n) is 4.89. The minimum atomic E-state index is -3.63.